The van der Waals surface area contributed by atoms with Crippen LogP contribution in [0.15, 0.2) is 47.6 Å². The second-order valence-electron chi connectivity index (χ2n) is 6.49. The molecule has 0 radical (unpaired) electrons. The standard InChI is InChI=1S/C20H19N5O6/c1-3-31-20(26)12-23-13(2)16(15-6-4-5-7-18(15)23)11-21-22-17-9-8-14(24(27)28)10-19(17)25(29)30/h4-11,22H,3,12H2,1-2H3/b21-11-. The molecule has 0 fully saturated rings. The van der Waals surface area contributed by atoms with Crippen molar-refractivity contribution in [2.45, 2.75) is 20.4 Å². The number of hydrogen-bond donors (Lipinski definition) is 1. The maximum Gasteiger partial charge on any atom is 0.325 e. The van der Waals surface area contributed by atoms with E-state index in [-0.39, 0.29) is 30.5 Å². The zero-order valence-corrected chi connectivity index (χ0v) is 16.8. The number of hydrogen-bond acceptors (Lipinski definition) is 8. The topological polar surface area (TPSA) is 142 Å². The number of para-hydroxylation sites is 1. The third-order valence-electron chi connectivity index (χ3n) is 4.64. The fraction of sp³-hybridized carbons (Fsp3) is 0.200. The van der Waals surface area contributed by atoms with Crippen LogP contribution in [0.3, 0.4) is 0 Å². The lowest BCUT2D eigenvalue weighted by Crippen LogP contribution is -2.14. The van der Waals surface area contributed by atoms with Crippen molar-refractivity contribution in [3.8, 4) is 0 Å². The molecule has 31 heavy (non-hydrogen) atoms. The maximum absolute atomic E-state index is 12.0. The van der Waals surface area contributed by atoms with Crippen molar-refractivity contribution in [1.29, 1.82) is 0 Å². The van der Waals surface area contributed by atoms with Gasteiger partial charge in [-0.2, -0.15) is 5.10 Å². The number of hydrazone groups is 1. The number of rotatable bonds is 8. The second kappa shape index (κ2) is 9.03. The molecule has 1 N–H and O–H groups in total. The first-order valence-electron chi connectivity index (χ1n) is 9.28. The minimum absolute atomic E-state index is 0.0137. The van der Waals surface area contributed by atoms with Crippen molar-refractivity contribution < 1.29 is 19.4 Å². The highest BCUT2D eigenvalue weighted by molar-refractivity contribution is 6.01. The van der Waals surface area contributed by atoms with Crippen LogP contribution < -0.4 is 5.43 Å². The van der Waals surface area contributed by atoms with Crippen LogP contribution in [0.2, 0.25) is 0 Å². The molecule has 11 nitrogen and oxygen atoms in total. The fourth-order valence-electron chi connectivity index (χ4n) is 3.21. The Hall–Kier alpha value is -4.28. The largest absolute Gasteiger partial charge is 0.465 e. The highest BCUT2D eigenvalue weighted by atomic mass is 16.6. The van der Waals surface area contributed by atoms with Crippen LogP contribution in [0, 0.1) is 27.2 Å². The van der Waals surface area contributed by atoms with Crippen LogP contribution in [0.25, 0.3) is 10.9 Å². The molecule has 2 aromatic carbocycles. The highest BCUT2D eigenvalue weighted by Crippen LogP contribution is 2.29. The van der Waals surface area contributed by atoms with Gasteiger partial charge in [0.15, 0.2) is 0 Å². The molecule has 1 heterocycles. The molecular weight excluding hydrogens is 406 g/mol. The van der Waals surface area contributed by atoms with Crippen LogP contribution in [0.1, 0.15) is 18.2 Å². The van der Waals surface area contributed by atoms with E-state index in [2.05, 4.69) is 10.5 Å². The Balaban J connectivity index is 1.94. The first-order valence-corrected chi connectivity index (χ1v) is 9.28. The minimum Gasteiger partial charge on any atom is -0.465 e. The quantitative estimate of drug-likeness (QED) is 0.250. The SMILES string of the molecule is CCOC(=O)Cn1c(C)c(/C=N\Nc2ccc([N+](=O)[O-])cc2[N+](=O)[O-])c2ccccc21. The van der Waals surface area contributed by atoms with E-state index in [1.165, 1.54) is 12.3 Å². The predicted molar refractivity (Wildman–Crippen MR) is 114 cm³/mol. The summed E-state index contributed by atoms with van der Waals surface area (Å²) in [4.78, 5) is 32.7. The van der Waals surface area contributed by atoms with E-state index in [0.29, 0.717) is 0 Å². The lowest BCUT2D eigenvalue weighted by Gasteiger charge is -2.07. The monoisotopic (exact) mass is 425 g/mol. The van der Waals surface area contributed by atoms with Gasteiger partial charge in [-0.05, 0) is 26.0 Å². The van der Waals surface area contributed by atoms with E-state index >= 15 is 0 Å². The molecule has 1 aromatic heterocycles. The summed E-state index contributed by atoms with van der Waals surface area (Å²) in [5.41, 5.74) is 4.03. The van der Waals surface area contributed by atoms with Gasteiger partial charge in [0.1, 0.15) is 12.2 Å². The summed E-state index contributed by atoms with van der Waals surface area (Å²) in [7, 11) is 0. The van der Waals surface area contributed by atoms with Gasteiger partial charge >= 0.3 is 11.7 Å². The summed E-state index contributed by atoms with van der Waals surface area (Å²) in [6, 6.07) is 10.7. The van der Waals surface area contributed by atoms with E-state index in [1.807, 2.05) is 35.8 Å². The molecule has 0 atom stereocenters. The Morgan fingerprint density at radius 3 is 2.61 bits per heavy atom. The molecule has 3 rings (SSSR count). The first kappa shape index (κ1) is 21.4. The van der Waals surface area contributed by atoms with Crippen molar-refractivity contribution in [3.63, 3.8) is 0 Å². The summed E-state index contributed by atoms with van der Waals surface area (Å²) in [6.07, 6.45) is 1.49. The van der Waals surface area contributed by atoms with Crippen LogP contribution >= 0.6 is 0 Å². The summed E-state index contributed by atoms with van der Waals surface area (Å²) >= 11 is 0. The molecule has 0 spiro atoms. The third kappa shape index (κ3) is 4.50. The van der Waals surface area contributed by atoms with Gasteiger partial charge in [0.05, 0.1) is 28.7 Å². The Morgan fingerprint density at radius 2 is 1.94 bits per heavy atom. The number of non-ortho nitro benzene ring substituents is 1. The van der Waals surface area contributed by atoms with E-state index in [9.17, 15) is 25.0 Å². The Morgan fingerprint density at radius 1 is 1.19 bits per heavy atom. The summed E-state index contributed by atoms with van der Waals surface area (Å²) in [5, 5.41) is 27.1. The molecule has 160 valence electrons. The summed E-state index contributed by atoms with van der Waals surface area (Å²) in [5.74, 6) is -0.366. The number of nitrogens with zero attached hydrogens (tertiary/aromatic N) is 4. The minimum atomic E-state index is -0.721. The van der Waals surface area contributed by atoms with Gasteiger partial charge in [0, 0.05) is 28.2 Å². The molecule has 0 aliphatic carbocycles. The van der Waals surface area contributed by atoms with Gasteiger partial charge in [0.25, 0.3) is 5.69 Å². The molecular formula is C20H19N5O6. The van der Waals surface area contributed by atoms with E-state index in [4.69, 9.17) is 4.74 Å². The zero-order chi connectivity index (χ0) is 22.5. The number of nitro benzene ring substituents is 2. The Kier molecular flexibility index (Phi) is 6.24. The van der Waals surface area contributed by atoms with Gasteiger partial charge in [-0.25, -0.2) is 0 Å². The van der Waals surface area contributed by atoms with Gasteiger partial charge in [-0.1, -0.05) is 18.2 Å². The van der Waals surface area contributed by atoms with Crippen LogP contribution in [-0.2, 0) is 16.1 Å². The van der Waals surface area contributed by atoms with Crippen LogP contribution in [0.4, 0.5) is 17.1 Å². The zero-order valence-electron chi connectivity index (χ0n) is 16.8. The van der Waals surface area contributed by atoms with Gasteiger partial charge in [0.2, 0.25) is 0 Å². The smallest absolute Gasteiger partial charge is 0.325 e. The Bertz CT molecular complexity index is 1200. The number of nitro groups is 2. The highest BCUT2D eigenvalue weighted by Gasteiger charge is 2.19. The number of anilines is 1. The van der Waals surface area contributed by atoms with E-state index < -0.39 is 15.5 Å². The first-order chi connectivity index (χ1) is 14.8. The normalized spacial score (nSPS) is 11.0. The average Bonchev–Trinajstić information content (AvgIpc) is 2.99. The fourth-order valence-corrected chi connectivity index (χ4v) is 3.21. The molecule has 0 aliphatic heterocycles. The number of ether oxygens (including phenoxy) is 1. The lowest BCUT2D eigenvalue weighted by atomic mass is 10.1. The summed E-state index contributed by atoms with van der Waals surface area (Å²) in [6.45, 7) is 3.88. The predicted octanol–water partition coefficient (Wildman–Crippen LogP) is 3.78. The molecule has 0 aliphatic rings. The van der Waals surface area contributed by atoms with Gasteiger partial charge in [-0.15, -0.1) is 0 Å². The second-order valence-corrected chi connectivity index (χ2v) is 6.49. The van der Waals surface area contributed by atoms with Crippen molar-refractivity contribution in [1.82, 2.24) is 4.57 Å². The van der Waals surface area contributed by atoms with Gasteiger partial charge in [-0.3, -0.25) is 30.4 Å². The molecule has 0 amide bonds. The van der Waals surface area contributed by atoms with E-state index in [1.54, 1.807) is 6.92 Å². The number of esters is 1. The third-order valence-corrected chi connectivity index (χ3v) is 4.64. The maximum atomic E-state index is 12.0. The Labute approximate surface area is 176 Å². The number of carbonyl (C=O) groups excluding carboxylic acids is 1. The number of benzene rings is 2. The molecule has 3 aromatic rings. The van der Waals surface area contributed by atoms with Crippen LogP contribution in [-0.4, -0.2) is 33.2 Å². The van der Waals surface area contributed by atoms with Crippen molar-refractivity contribution >= 4 is 40.1 Å². The summed E-state index contributed by atoms with van der Waals surface area (Å²) < 4.78 is 6.85. The van der Waals surface area contributed by atoms with Crippen molar-refractivity contribution in [2.75, 3.05) is 12.0 Å². The number of carbonyl (C=O) groups is 1. The molecule has 0 saturated heterocycles. The van der Waals surface area contributed by atoms with Crippen LogP contribution in [0.5, 0.6) is 0 Å². The average molecular weight is 425 g/mol. The molecule has 0 bridgehead atoms. The molecule has 0 unspecified atom stereocenters. The van der Waals surface area contributed by atoms with E-state index in [0.717, 1.165) is 34.3 Å². The van der Waals surface area contributed by atoms with Crippen molar-refractivity contribution in [2.24, 2.45) is 5.10 Å². The lowest BCUT2D eigenvalue weighted by molar-refractivity contribution is -0.393. The number of aromatic nitrogens is 1. The molecule has 11 heteroatoms. The van der Waals surface area contributed by atoms with Crippen molar-refractivity contribution in [3.05, 3.63) is 74.0 Å². The molecule has 0 saturated carbocycles. The number of nitrogens with one attached hydrogen (secondary N) is 1. The number of fused-ring (bicyclic) bond motifs is 1. The van der Waals surface area contributed by atoms with Gasteiger partial charge < -0.3 is 9.30 Å².